The molecule has 112 valence electrons. The van der Waals surface area contributed by atoms with Crippen LogP contribution in [-0.2, 0) is 11.3 Å². The summed E-state index contributed by atoms with van der Waals surface area (Å²) in [7, 11) is 0. The molecule has 0 bridgehead atoms. The van der Waals surface area contributed by atoms with Crippen LogP contribution >= 0.6 is 11.8 Å². The largest absolute Gasteiger partial charge is 0.325 e. The number of nitrogens with zero attached hydrogens (tertiary/aromatic N) is 1. The second-order valence-corrected chi connectivity index (χ2v) is 6.73. The Kier molecular flexibility index (Phi) is 3.39. The molecule has 2 aromatic rings. The fraction of sp³-hybridized carbons (Fsp3) is 0.235. The monoisotopic (exact) mass is 314 g/mol. The van der Waals surface area contributed by atoms with Gasteiger partial charge in [-0.15, -0.1) is 11.8 Å². The molecule has 2 unspecified atom stereocenters. The molecule has 1 N–H and O–H groups in total. The first-order valence-electron chi connectivity index (χ1n) is 7.25. The Morgan fingerprint density at radius 2 is 1.95 bits per heavy atom. The molecular weight excluding hydrogens is 299 g/mol. The number of amides is 1. The maximum atomic E-state index is 13.8. The van der Waals surface area contributed by atoms with Crippen LogP contribution in [0.1, 0.15) is 17.0 Å². The minimum Gasteiger partial charge on any atom is -0.325 e. The van der Waals surface area contributed by atoms with E-state index >= 15 is 0 Å². The average Bonchev–Trinajstić information content (AvgIpc) is 2.91. The van der Waals surface area contributed by atoms with E-state index in [1.54, 1.807) is 34.9 Å². The lowest BCUT2D eigenvalue weighted by molar-refractivity contribution is -0.136. The minimum absolute atomic E-state index is 0.0736. The first-order valence-corrected chi connectivity index (χ1v) is 8.13. The van der Waals surface area contributed by atoms with E-state index in [1.807, 2.05) is 18.2 Å². The van der Waals surface area contributed by atoms with Gasteiger partial charge in [0.15, 0.2) is 0 Å². The second kappa shape index (κ2) is 5.41. The summed E-state index contributed by atoms with van der Waals surface area (Å²) in [4.78, 5) is 15.7. The number of halogens is 1. The highest BCUT2D eigenvalue weighted by Crippen LogP contribution is 2.46. The number of hydrogen-bond acceptors (Lipinski definition) is 3. The van der Waals surface area contributed by atoms with E-state index in [0.29, 0.717) is 18.8 Å². The number of carbonyl (C=O) groups excluding carboxylic acids is 1. The van der Waals surface area contributed by atoms with Crippen LogP contribution < -0.4 is 5.32 Å². The predicted molar refractivity (Wildman–Crippen MR) is 83.8 cm³/mol. The Labute approximate surface area is 132 Å². The van der Waals surface area contributed by atoms with E-state index in [2.05, 4.69) is 11.4 Å². The summed E-state index contributed by atoms with van der Waals surface area (Å²) in [6.45, 7) is 0.754. The zero-order chi connectivity index (χ0) is 15.1. The molecule has 1 saturated heterocycles. The van der Waals surface area contributed by atoms with Crippen LogP contribution in [0.3, 0.4) is 0 Å². The summed E-state index contributed by atoms with van der Waals surface area (Å²) in [5, 5.41) is 3.48. The van der Waals surface area contributed by atoms with Crippen LogP contribution in [-0.4, -0.2) is 22.8 Å². The standard InChI is InChI=1S/C17H15FN2OS/c18-13-7-3-1-5-11(13)9-20-10-19-16-15(17(20)21)12-6-2-4-8-14(12)22-16/h1-8,15-16,19H,9-10H2. The Morgan fingerprint density at radius 1 is 1.18 bits per heavy atom. The Balaban J connectivity index is 1.61. The van der Waals surface area contributed by atoms with Gasteiger partial charge in [0.05, 0.1) is 18.0 Å². The van der Waals surface area contributed by atoms with Crippen molar-refractivity contribution in [2.45, 2.75) is 22.7 Å². The number of carbonyl (C=O) groups is 1. The van der Waals surface area contributed by atoms with Crippen LogP contribution in [0.5, 0.6) is 0 Å². The van der Waals surface area contributed by atoms with E-state index in [1.165, 1.54) is 6.07 Å². The maximum Gasteiger partial charge on any atom is 0.233 e. The van der Waals surface area contributed by atoms with Gasteiger partial charge in [-0.05, 0) is 17.7 Å². The minimum atomic E-state index is -0.265. The zero-order valence-corrected chi connectivity index (χ0v) is 12.6. The molecule has 0 spiro atoms. The van der Waals surface area contributed by atoms with E-state index in [0.717, 1.165) is 10.5 Å². The van der Waals surface area contributed by atoms with Crippen LogP contribution in [0.2, 0.25) is 0 Å². The smallest absolute Gasteiger partial charge is 0.233 e. The number of hydrogen-bond donors (Lipinski definition) is 1. The third kappa shape index (κ3) is 2.21. The van der Waals surface area contributed by atoms with Gasteiger partial charge in [-0.1, -0.05) is 36.4 Å². The summed E-state index contributed by atoms with van der Waals surface area (Å²) >= 11 is 1.70. The molecule has 2 atom stereocenters. The topological polar surface area (TPSA) is 32.3 Å². The predicted octanol–water partition coefficient (Wildman–Crippen LogP) is 2.93. The third-order valence-corrected chi connectivity index (χ3v) is 5.51. The van der Waals surface area contributed by atoms with E-state index in [4.69, 9.17) is 0 Å². The fourth-order valence-corrected chi connectivity index (χ4v) is 4.39. The molecule has 2 aliphatic heterocycles. The van der Waals surface area contributed by atoms with Crippen molar-refractivity contribution < 1.29 is 9.18 Å². The molecule has 22 heavy (non-hydrogen) atoms. The molecule has 2 aliphatic rings. The normalized spacial score (nSPS) is 23.3. The van der Waals surface area contributed by atoms with Crippen molar-refractivity contribution in [3.8, 4) is 0 Å². The maximum absolute atomic E-state index is 13.8. The lowest BCUT2D eigenvalue weighted by Crippen LogP contribution is -2.52. The first-order chi connectivity index (χ1) is 10.7. The van der Waals surface area contributed by atoms with Gasteiger partial charge in [0.2, 0.25) is 5.91 Å². The number of fused-ring (bicyclic) bond motifs is 3. The average molecular weight is 314 g/mol. The van der Waals surface area contributed by atoms with Crippen LogP contribution in [0.15, 0.2) is 53.4 Å². The molecular formula is C17H15FN2OS. The summed E-state index contributed by atoms with van der Waals surface area (Å²) in [5.41, 5.74) is 1.63. The van der Waals surface area contributed by atoms with Crippen molar-refractivity contribution >= 4 is 17.7 Å². The van der Waals surface area contributed by atoms with E-state index in [-0.39, 0.29) is 23.0 Å². The number of benzene rings is 2. The van der Waals surface area contributed by atoms with Gasteiger partial charge in [0.1, 0.15) is 5.82 Å². The number of thioether (sulfide) groups is 1. The summed E-state index contributed by atoms with van der Waals surface area (Å²) in [5.74, 6) is -0.371. The molecule has 0 aromatic heterocycles. The molecule has 4 rings (SSSR count). The quantitative estimate of drug-likeness (QED) is 0.925. The van der Waals surface area contributed by atoms with Crippen LogP contribution in [0, 0.1) is 5.82 Å². The zero-order valence-electron chi connectivity index (χ0n) is 11.8. The van der Waals surface area contributed by atoms with Crippen LogP contribution in [0.25, 0.3) is 0 Å². The molecule has 0 radical (unpaired) electrons. The van der Waals surface area contributed by atoms with Gasteiger partial charge < -0.3 is 4.90 Å². The van der Waals surface area contributed by atoms with Gasteiger partial charge in [-0.3, -0.25) is 10.1 Å². The van der Waals surface area contributed by atoms with Crippen molar-refractivity contribution in [1.29, 1.82) is 0 Å². The van der Waals surface area contributed by atoms with Crippen molar-refractivity contribution in [2.75, 3.05) is 6.67 Å². The summed E-state index contributed by atoms with van der Waals surface area (Å²) in [6, 6.07) is 14.6. The Morgan fingerprint density at radius 3 is 2.82 bits per heavy atom. The number of nitrogens with one attached hydrogen (secondary N) is 1. The first kappa shape index (κ1) is 13.8. The van der Waals surface area contributed by atoms with Crippen molar-refractivity contribution in [2.24, 2.45) is 0 Å². The van der Waals surface area contributed by atoms with Gasteiger partial charge in [0, 0.05) is 17.0 Å². The molecule has 1 amide bonds. The second-order valence-electron chi connectivity index (χ2n) is 5.54. The molecule has 2 aromatic carbocycles. The number of rotatable bonds is 2. The molecule has 3 nitrogen and oxygen atoms in total. The molecule has 2 heterocycles. The summed E-state index contributed by atoms with van der Waals surface area (Å²) < 4.78 is 13.8. The van der Waals surface area contributed by atoms with Gasteiger partial charge in [-0.25, -0.2) is 4.39 Å². The Hall–Kier alpha value is -1.85. The highest BCUT2D eigenvalue weighted by molar-refractivity contribution is 8.00. The Bertz CT molecular complexity index is 736. The lowest BCUT2D eigenvalue weighted by atomic mass is 9.96. The fourth-order valence-electron chi connectivity index (χ4n) is 3.08. The highest BCUT2D eigenvalue weighted by Gasteiger charge is 2.43. The SMILES string of the molecule is O=C1C2c3ccccc3SC2NCN1Cc1ccccc1F. The van der Waals surface area contributed by atoms with Crippen molar-refractivity contribution in [3.63, 3.8) is 0 Å². The van der Waals surface area contributed by atoms with Gasteiger partial charge in [-0.2, -0.15) is 0 Å². The van der Waals surface area contributed by atoms with Crippen molar-refractivity contribution in [3.05, 3.63) is 65.5 Å². The molecule has 5 heteroatoms. The third-order valence-electron chi connectivity index (χ3n) is 4.19. The summed E-state index contributed by atoms with van der Waals surface area (Å²) in [6.07, 6.45) is 0. The molecule has 1 fully saturated rings. The van der Waals surface area contributed by atoms with Gasteiger partial charge in [0.25, 0.3) is 0 Å². The van der Waals surface area contributed by atoms with Gasteiger partial charge >= 0.3 is 0 Å². The molecule has 0 saturated carbocycles. The lowest BCUT2D eigenvalue weighted by Gasteiger charge is -2.35. The highest BCUT2D eigenvalue weighted by atomic mass is 32.2. The molecule has 0 aliphatic carbocycles. The van der Waals surface area contributed by atoms with Crippen molar-refractivity contribution in [1.82, 2.24) is 10.2 Å². The van der Waals surface area contributed by atoms with E-state index in [9.17, 15) is 9.18 Å². The van der Waals surface area contributed by atoms with Crippen LogP contribution in [0.4, 0.5) is 4.39 Å². The van der Waals surface area contributed by atoms with E-state index < -0.39 is 0 Å².